The largest absolute Gasteiger partial charge is 0.573 e. The number of hydrogen-bond acceptors (Lipinski definition) is 5. The van der Waals surface area contributed by atoms with Crippen LogP contribution in [0.15, 0.2) is 59.5 Å². The fraction of sp³-hybridized carbons (Fsp3) is 0.478. The van der Waals surface area contributed by atoms with Gasteiger partial charge in [0.05, 0.1) is 17.0 Å². The van der Waals surface area contributed by atoms with Crippen LogP contribution < -0.4 is 9.46 Å². The van der Waals surface area contributed by atoms with Gasteiger partial charge in [-0.15, -0.1) is 13.2 Å². The zero-order valence-electron chi connectivity index (χ0n) is 18.4. The number of ether oxygens (including phenoxy) is 2. The highest BCUT2D eigenvalue weighted by Gasteiger charge is 2.31. The summed E-state index contributed by atoms with van der Waals surface area (Å²) in [6.45, 7) is 4.87. The van der Waals surface area contributed by atoms with E-state index in [4.69, 9.17) is 4.74 Å². The predicted molar refractivity (Wildman–Crippen MR) is 118 cm³/mol. The maximum Gasteiger partial charge on any atom is 0.573 e. The number of halogens is 3. The van der Waals surface area contributed by atoms with Gasteiger partial charge in [0.1, 0.15) is 5.75 Å². The van der Waals surface area contributed by atoms with Crippen molar-refractivity contribution in [3.63, 3.8) is 0 Å². The highest BCUT2D eigenvalue weighted by molar-refractivity contribution is 7.89. The molecule has 2 aromatic rings. The summed E-state index contributed by atoms with van der Waals surface area (Å²) in [7, 11) is -3.98. The van der Waals surface area contributed by atoms with Gasteiger partial charge in [0, 0.05) is 26.2 Å². The van der Waals surface area contributed by atoms with Crippen LogP contribution >= 0.6 is 0 Å². The molecule has 1 fully saturated rings. The van der Waals surface area contributed by atoms with Crippen LogP contribution in [-0.4, -0.2) is 52.0 Å². The van der Waals surface area contributed by atoms with Crippen LogP contribution in [0.2, 0.25) is 0 Å². The number of rotatable bonds is 10. The van der Waals surface area contributed by atoms with Crippen molar-refractivity contribution in [1.82, 2.24) is 9.62 Å². The van der Waals surface area contributed by atoms with Gasteiger partial charge in [-0.05, 0) is 49.1 Å². The van der Waals surface area contributed by atoms with E-state index < -0.39 is 28.2 Å². The number of sulfonamides is 1. The summed E-state index contributed by atoms with van der Waals surface area (Å²) < 4.78 is 75.5. The normalized spacial score (nSPS) is 17.1. The van der Waals surface area contributed by atoms with Gasteiger partial charge in [-0.25, -0.2) is 13.1 Å². The van der Waals surface area contributed by atoms with Gasteiger partial charge in [-0.3, -0.25) is 0 Å². The molecule has 1 heterocycles. The molecule has 0 bridgehead atoms. The smallest absolute Gasteiger partial charge is 0.406 e. The van der Waals surface area contributed by atoms with Gasteiger partial charge in [-0.2, -0.15) is 0 Å². The lowest BCUT2D eigenvalue weighted by Gasteiger charge is -2.34. The zero-order chi connectivity index (χ0) is 23.9. The zero-order valence-corrected chi connectivity index (χ0v) is 19.2. The Kier molecular flexibility index (Phi) is 8.75. The quantitative estimate of drug-likeness (QED) is 0.536. The molecular formula is C23H29F3N2O4S. The Morgan fingerprint density at radius 2 is 1.70 bits per heavy atom. The molecule has 1 atom stereocenters. The van der Waals surface area contributed by atoms with E-state index in [-0.39, 0.29) is 11.0 Å². The molecule has 1 N–H and O–H groups in total. The molecule has 1 aliphatic rings. The molecule has 33 heavy (non-hydrogen) atoms. The summed E-state index contributed by atoms with van der Waals surface area (Å²) in [5, 5.41) is 0. The minimum Gasteiger partial charge on any atom is -0.406 e. The second-order valence-corrected chi connectivity index (χ2v) is 9.69. The third-order valence-electron chi connectivity index (χ3n) is 5.40. The van der Waals surface area contributed by atoms with Crippen LogP contribution in [0.3, 0.4) is 0 Å². The second kappa shape index (κ2) is 11.3. The number of nitrogens with zero attached hydrogens (tertiary/aromatic N) is 1. The number of benzene rings is 2. The Balaban J connectivity index is 1.70. The molecular weight excluding hydrogens is 457 g/mol. The molecule has 182 valence electrons. The molecule has 0 radical (unpaired) electrons. The van der Waals surface area contributed by atoms with E-state index in [2.05, 4.69) is 21.3 Å². The Bertz CT molecular complexity index is 961. The molecule has 1 saturated heterocycles. The lowest BCUT2D eigenvalue weighted by molar-refractivity contribution is -0.274. The van der Waals surface area contributed by atoms with E-state index in [0.717, 1.165) is 68.8 Å². The minimum absolute atomic E-state index is 0.135. The van der Waals surface area contributed by atoms with Gasteiger partial charge in [0.25, 0.3) is 0 Å². The van der Waals surface area contributed by atoms with E-state index in [0.29, 0.717) is 6.54 Å². The van der Waals surface area contributed by atoms with Crippen molar-refractivity contribution in [2.24, 2.45) is 0 Å². The molecule has 3 rings (SSSR count). The lowest BCUT2D eigenvalue weighted by Crippen LogP contribution is -2.43. The molecule has 0 saturated carbocycles. The van der Waals surface area contributed by atoms with Crippen LogP contribution in [0.25, 0.3) is 0 Å². The molecule has 2 aromatic carbocycles. The third kappa shape index (κ3) is 7.99. The SMILES string of the molecule is CCCOC1CCN(C[C@H](NS(=O)(=O)c2ccc(OC(F)(F)F)cc2)c2ccccc2)CC1. The Morgan fingerprint density at radius 3 is 2.27 bits per heavy atom. The summed E-state index contributed by atoms with van der Waals surface area (Å²) in [6, 6.07) is 12.9. The first kappa shape index (κ1) is 25.5. The summed E-state index contributed by atoms with van der Waals surface area (Å²) in [5.74, 6) is -0.478. The van der Waals surface area contributed by atoms with Crippen molar-refractivity contribution in [3.8, 4) is 5.75 Å². The topological polar surface area (TPSA) is 67.9 Å². The van der Waals surface area contributed by atoms with Crippen molar-refractivity contribution in [1.29, 1.82) is 0 Å². The van der Waals surface area contributed by atoms with Gasteiger partial charge >= 0.3 is 6.36 Å². The summed E-state index contributed by atoms with van der Waals surface area (Å²) >= 11 is 0. The molecule has 0 spiro atoms. The maximum absolute atomic E-state index is 13.0. The van der Waals surface area contributed by atoms with E-state index in [1.54, 1.807) is 0 Å². The lowest BCUT2D eigenvalue weighted by atomic mass is 10.0. The van der Waals surface area contributed by atoms with Crippen molar-refractivity contribution >= 4 is 10.0 Å². The Morgan fingerprint density at radius 1 is 1.06 bits per heavy atom. The Hall–Kier alpha value is -2.14. The standard InChI is InChI=1S/C23H29F3N2O4S/c1-2-16-31-19-12-14-28(15-13-19)17-22(18-6-4-3-5-7-18)27-33(29,30)21-10-8-20(9-11-21)32-23(24,25)26/h3-11,19,22,27H,2,12-17H2,1H3/t22-/m0/s1. The average Bonchev–Trinajstić information content (AvgIpc) is 2.78. The monoisotopic (exact) mass is 486 g/mol. The summed E-state index contributed by atoms with van der Waals surface area (Å²) in [6.07, 6.45) is -1.87. The van der Waals surface area contributed by atoms with Crippen molar-refractivity contribution in [2.45, 2.75) is 49.6 Å². The van der Waals surface area contributed by atoms with E-state index >= 15 is 0 Å². The van der Waals surface area contributed by atoms with Gasteiger partial charge in [0.15, 0.2) is 0 Å². The minimum atomic E-state index is -4.84. The fourth-order valence-electron chi connectivity index (χ4n) is 3.77. The van der Waals surface area contributed by atoms with Crippen LogP contribution in [0.1, 0.15) is 37.8 Å². The first-order chi connectivity index (χ1) is 15.7. The number of alkyl halides is 3. The number of piperidine rings is 1. The number of likely N-dealkylation sites (tertiary alicyclic amines) is 1. The fourth-order valence-corrected chi connectivity index (χ4v) is 4.99. The van der Waals surface area contributed by atoms with Crippen LogP contribution in [0, 0.1) is 0 Å². The average molecular weight is 487 g/mol. The second-order valence-electron chi connectivity index (χ2n) is 7.97. The molecule has 1 aliphatic heterocycles. The van der Waals surface area contributed by atoms with Gasteiger partial charge < -0.3 is 14.4 Å². The third-order valence-corrected chi connectivity index (χ3v) is 6.89. The number of hydrogen-bond donors (Lipinski definition) is 1. The van der Waals surface area contributed by atoms with Gasteiger partial charge in [-0.1, -0.05) is 37.3 Å². The molecule has 6 nitrogen and oxygen atoms in total. The van der Waals surface area contributed by atoms with Crippen molar-refractivity contribution in [3.05, 3.63) is 60.2 Å². The van der Waals surface area contributed by atoms with Crippen molar-refractivity contribution < 1.29 is 31.1 Å². The first-order valence-corrected chi connectivity index (χ1v) is 12.4. The van der Waals surface area contributed by atoms with Crippen molar-refractivity contribution in [2.75, 3.05) is 26.2 Å². The number of nitrogens with one attached hydrogen (secondary N) is 1. The molecule has 10 heteroatoms. The van der Waals surface area contributed by atoms with Crippen LogP contribution in [0.5, 0.6) is 5.75 Å². The maximum atomic E-state index is 13.0. The van der Waals surface area contributed by atoms with Crippen LogP contribution in [-0.2, 0) is 14.8 Å². The van der Waals surface area contributed by atoms with E-state index in [1.807, 2.05) is 30.3 Å². The first-order valence-electron chi connectivity index (χ1n) is 10.9. The Labute approximate surface area is 192 Å². The summed E-state index contributed by atoms with van der Waals surface area (Å²) in [4.78, 5) is 2.07. The van der Waals surface area contributed by atoms with Crippen LogP contribution in [0.4, 0.5) is 13.2 Å². The summed E-state index contributed by atoms with van der Waals surface area (Å²) in [5.41, 5.74) is 0.808. The molecule has 0 unspecified atom stereocenters. The molecule has 0 aromatic heterocycles. The van der Waals surface area contributed by atoms with Gasteiger partial charge in [0.2, 0.25) is 10.0 Å². The van der Waals surface area contributed by atoms with E-state index in [1.165, 1.54) is 0 Å². The van der Waals surface area contributed by atoms with E-state index in [9.17, 15) is 21.6 Å². The predicted octanol–water partition coefficient (Wildman–Crippen LogP) is 4.50. The molecule has 0 aliphatic carbocycles. The highest BCUT2D eigenvalue weighted by Crippen LogP contribution is 2.25. The highest BCUT2D eigenvalue weighted by atomic mass is 32.2. The molecule has 0 amide bonds.